The quantitative estimate of drug-likeness (QED) is 0.890. The van der Waals surface area contributed by atoms with Gasteiger partial charge in [0.1, 0.15) is 5.82 Å². The maximum atomic E-state index is 13.5. The van der Waals surface area contributed by atoms with Gasteiger partial charge in [-0.25, -0.2) is 4.39 Å². The maximum absolute atomic E-state index is 13.5. The highest BCUT2D eigenvalue weighted by atomic mass is 35.5. The molecule has 0 aliphatic rings. The van der Waals surface area contributed by atoms with E-state index in [-0.39, 0.29) is 11.1 Å². The zero-order valence-corrected chi connectivity index (χ0v) is 11.4. The van der Waals surface area contributed by atoms with Crippen LogP contribution in [0.3, 0.4) is 0 Å². The Bertz CT molecular complexity index is 572. The predicted octanol–water partition coefficient (Wildman–Crippen LogP) is 3.90. The van der Waals surface area contributed by atoms with Crippen LogP contribution in [0.1, 0.15) is 17.2 Å². The van der Waals surface area contributed by atoms with E-state index in [4.69, 9.17) is 17.3 Å². The fourth-order valence-electron chi connectivity index (χ4n) is 1.93. The molecule has 0 fully saturated rings. The summed E-state index contributed by atoms with van der Waals surface area (Å²) >= 11 is 5.69. The number of nitrogens with one attached hydrogen (secondary N) is 1. The van der Waals surface area contributed by atoms with Crippen molar-refractivity contribution in [3.8, 4) is 0 Å². The number of rotatable bonds is 4. The van der Waals surface area contributed by atoms with Crippen molar-refractivity contribution in [3.63, 3.8) is 0 Å². The normalized spacial score (nSPS) is 12.2. The Balaban J connectivity index is 2.25. The molecule has 0 aliphatic carbocycles. The highest BCUT2D eigenvalue weighted by Gasteiger charge is 2.12. The molecule has 1 atom stereocenters. The zero-order chi connectivity index (χ0) is 13.8. The number of hydrogen-bond donors (Lipinski definition) is 2. The molecule has 0 radical (unpaired) electrons. The highest BCUT2D eigenvalue weighted by molar-refractivity contribution is 6.30. The molecule has 0 spiro atoms. The van der Waals surface area contributed by atoms with Crippen LogP contribution in [0.2, 0.25) is 5.02 Å². The van der Waals surface area contributed by atoms with Crippen LogP contribution in [-0.2, 0) is 0 Å². The minimum Gasteiger partial charge on any atom is -0.377 e. The Morgan fingerprint density at radius 2 is 2.00 bits per heavy atom. The smallest absolute Gasteiger partial charge is 0.142 e. The molecule has 0 aromatic heterocycles. The van der Waals surface area contributed by atoms with Crippen molar-refractivity contribution in [2.75, 3.05) is 11.9 Å². The summed E-state index contributed by atoms with van der Waals surface area (Å²) in [6, 6.07) is 12.5. The fourth-order valence-corrected chi connectivity index (χ4v) is 2.05. The first-order valence-corrected chi connectivity index (χ1v) is 6.47. The second-order valence-electron chi connectivity index (χ2n) is 4.42. The van der Waals surface area contributed by atoms with Crippen molar-refractivity contribution in [2.24, 2.45) is 5.73 Å². The molecule has 0 bridgehead atoms. The van der Waals surface area contributed by atoms with Gasteiger partial charge in [0, 0.05) is 12.2 Å². The minimum absolute atomic E-state index is 0.121. The number of anilines is 1. The molecule has 19 heavy (non-hydrogen) atoms. The first-order chi connectivity index (χ1) is 9.11. The Hall–Kier alpha value is -1.58. The second-order valence-corrected chi connectivity index (χ2v) is 4.83. The summed E-state index contributed by atoms with van der Waals surface area (Å²) in [6.45, 7) is 2.38. The molecule has 0 aliphatic heterocycles. The van der Waals surface area contributed by atoms with Crippen LogP contribution in [0.25, 0.3) is 0 Å². The van der Waals surface area contributed by atoms with E-state index in [2.05, 4.69) is 5.32 Å². The molecule has 0 saturated carbocycles. The molecule has 100 valence electrons. The van der Waals surface area contributed by atoms with Gasteiger partial charge in [0.15, 0.2) is 0 Å². The van der Waals surface area contributed by atoms with Gasteiger partial charge >= 0.3 is 0 Å². The van der Waals surface area contributed by atoms with Crippen molar-refractivity contribution in [1.29, 1.82) is 0 Å². The second kappa shape index (κ2) is 6.04. The van der Waals surface area contributed by atoms with Gasteiger partial charge in [-0.05, 0) is 36.2 Å². The number of nitrogens with two attached hydrogens (primary N) is 1. The lowest BCUT2D eigenvalue weighted by molar-refractivity contribution is 0.622. The summed E-state index contributed by atoms with van der Waals surface area (Å²) in [5, 5.41) is 3.45. The average molecular weight is 279 g/mol. The van der Waals surface area contributed by atoms with Gasteiger partial charge in [0.2, 0.25) is 0 Å². The molecule has 3 N–H and O–H groups in total. The Kier molecular flexibility index (Phi) is 4.40. The number of aryl methyl sites for hydroxylation is 1. The van der Waals surface area contributed by atoms with Crippen molar-refractivity contribution < 1.29 is 4.39 Å². The summed E-state index contributed by atoms with van der Waals surface area (Å²) in [4.78, 5) is 0. The van der Waals surface area contributed by atoms with E-state index in [0.29, 0.717) is 6.54 Å². The minimum atomic E-state index is -0.427. The van der Waals surface area contributed by atoms with Crippen LogP contribution in [0.4, 0.5) is 10.1 Å². The van der Waals surface area contributed by atoms with E-state index in [1.807, 2.05) is 31.2 Å². The fraction of sp³-hybridized carbons (Fsp3) is 0.200. The van der Waals surface area contributed by atoms with Crippen LogP contribution in [-0.4, -0.2) is 6.54 Å². The van der Waals surface area contributed by atoms with E-state index < -0.39 is 5.82 Å². The molecule has 4 heteroatoms. The summed E-state index contributed by atoms with van der Waals surface area (Å²) in [7, 11) is 0. The molecular formula is C15H16ClFN2. The van der Waals surface area contributed by atoms with Crippen molar-refractivity contribution >= 4 is 17.3 Å². The Morgan fingerprint density at radius 3 is 2.63 bits per heavy atom. The van der Waals surface area contributed by atoms with Gasteiger partial charge in [0.25, 0.3) is 0 Å². The van der Waals surface area contributed by atoms with Gasteiger partial charge < -0.3 is 11.1 Å². The summed E-state index contributed by atoms with van der Waals surface area (Å²) < 4.78 is 13.5. The van der Waals surface area contributed by atoms with Crippen molar-refractivity contribution in [2.45, 2.75) is 13.0 Å². The highest BCUT2D eigenvalue weighted by Crippen LogP contribution is 2.24. The molecule has 0 amide bonds. The first-order valence-electron chi connectivity index (χ1n) is 6.09. The van der Waals surface area contributed by atoms with Gasteiger partial charge in [-0.3, -0.25) is 0 Å². The first kappa shape index (κ1) is 13.8. The van der Waals surface area contributed by atoms with Crippen LogP contribution < -0.4 is 11.1 Å². The molecule has 0 heterocycles. The molecule has 2 aromatic carbocycles. The summed E-state index contributed by atoms with van der Waals surface area (Å²) in [5.74, 6) is -0.427. The van der Waals surface area contributed by atoms with Crippen LogP contribution in [0, 0.1) is 12.7 Å². The number of hydrogen-bond acceptors (Lipinski definition) is 2. The summed E-state index contributed by atoms with van der Waals surface area (Å²) in [5.41, 5.74) is 8.67. The number of benzene rings is 2. The third-order valence-corrected chi connectivity index (χ3v) is 3.36. The monoisotopic (exact) mass is 278 g/mol. The van der Waals surface area contributed by atoms with Crippen LogP contribution in [0.15, 0.2) is 42.5 Å². The summed E-state index contributed by atoms with van der Waals surface area (Å²) in [6.07, 6.45) is 0. The van der Waals surface area contributed by atoms with Gasteiger partial charge in [0.05, 0.1) is 11.1 Å². The van der Waals surface area contributed by atoms with Crippen molar-refractivity contribution in [3.05, 3.63) is 64.4 Å². The SMILES string of the molecule is Cc1ccccc1NC(CN)c1ccc(Cl)c(F)c1. The van der Waals surface area contributed by atoms with E-state index in [0.717, 1.165) is 16.8 Å². The van der Waals surface area contributed by atoms with Crippen LogP contribution >= 0.6 is 11.6 Å². The lowest BCUT2D eigenvalue weighted by atomic mass is 10.1. The van der Waals surface area contributed by atoms with E-state index in [9.17, 15) is 4.39 Å². The van der Waals surface area contributed by atoms with Gasteiger partial charge in [-0.1, -0.05) is 35.9 Å². The van der Waals surface area contributed by atoms with E-state index >= 15 is 0 Å². The third-order valence-electron chi connectivity index (χ3n) is 3.06. The molecular weight excluding hydrogens is 263 g/mol. The largest absolute Gasteiger partial charge is 0.377 e. The molecule has 0 saturated heterocycles. The number of para-hydroxylation sites is 1. The van der Waals surface area contributed by atoms with E-state index in [1.54, 1.807) is 12.1 Å². The van der Waals surface area contributed by atoms with Gasteiger partial charge in [-0.2, -0.15) is 0 Å². The van der Waals surface area contributed by atoms with E-state index in [1.165, 1.54) is 6.07 Å². The lowest BCUT2D eigenvalue weighted by Crippen LogP contribution is -2.21. The molecule has 1 unspecified atom stereocenters. The maximum Gasteiger partial charge on any atom is 0.142 e. The average Bonchev–Trinajstić information content (AvgIpc) is 2.41. The standard InChI is InChI=1S/C15H16ClFN2/c1-10-4-2-3-5-14(10)19-15(9-18)11-6-7-12(16)13(17)8-11/h2-8,15,19H,9,18H2,1H3. The topological polar surface area (TPSA) is 38.0 Å². The Morgan fingerprint density at radius 1 is 1.26 bits per heavy atom. The molecule has 2 aromatic rings. The zero-order valence-electron chi connectivity index (χ0n) is 10.7. The third kappa shape index (κ3) is 3.25. The van der Waals surface area contributed by atoms with Crippen molar-refractivity contribution in [1.82, 2.24) is 0 Å². The lowest BCUT2D eigenvalue weighted by Gasteiger charge is -2.20. The molecule has 2 rings (SSSR count). The Labute approximate surface area is 117 Å². The van der Waals surface area contributed by atoms with Gasteiger partial charge in [-0.15, -0.1) is 0 Å². The predicted molar refractivity (Wildman–Crippen MR) is 78.0 cm³/mol. The van der Waals surface area contributed by atoms with Crippen LogP contribution in [0.5, 0.6) is 0 Å². The molecule has 2 nitrogen and oxygen atoms in total. The number of halogens is 2.